The van der Waals surface area contributed by atoms with Gasteiger partial charge in [-0.3, -0.25) is 4.79 Å². The highest BCUT2D eigenvalue weighted by Crippen LogP contribution is 2.22. The molecule has 0 bridgehead atoms. The van der Waals surface area contributed by atoms with E-state index in [1.54, 1.807) is 24.3 Å². The molecular weight excluding hydrogens is 274 g/mol. The maximum atomic E-state index is 12.1. The van der Waals surface area contributed by atoms with Crippen LogP contribution in [0, 0.1) is 0 Å². The monoisotopic (exact) mass is 287 g/mol. The number of carboxylic acid groups (broad SMARTS) is 1. The summed E-state index contributed by atoms with van der Waals surface area (Å²) >= 11 is 0. The van der Waals surface area contributed by atoms with Crippen LogP contribution in [-0.2, 0) is 0 Å². The maximum Gasteiger partial charge on any atom is 0.339 e. The lowest BCUT2D eigenvalue weighted by molar-refractivity contribution is 0.0693. The van der Waals surface area contributed by atoms with Crippen molar-refractivity contribution in [2.45, 2.75) is 0 Å². The molecule has 0 saturated heterocycles. The van der Waals surface area contributed by atoms with Gasteiger partial charge in [-0.05, 0) is 36.4 Å². The highest BCUT2D eigenvalue weighted by atomic mass is 16.5. The zero-order valence-corrected chi connectivity index (χ0v) is 11.2. The summed E-state index contributed by atoms with van der Waals surface area (Å²) in [7, 11) is 1.50. The average molecular weight is 287 g/mol. The van der Waals surface area contributed by atoms with Crippen molar-refractivity contribution in [1.82, 2.24) is 0 Å². The minimum atomic E-state index is -1.27. The van der Waals surface area contributed by atoms with Crippen LogP contribution in [-0.4, -0.2) is 29.2 Å². The second kappa shape index (κ2) is 5.96. The van der Waals surface area contributed by atoms with E-state index < -0.39 is 11.9 Å². The average Bonchev–Trinajstić information content (AvgIpc) is 2.49. The number of hydrogen-bond acceptors (Lipinski definition) is 4. The van der Waals surface area contributed by atoms with Crippen LogP contribution >= 0.6 is 0 Å². The number of hydrogen-bond donors (Lipinski definition) is 3. The van der Waals surface area contributed by atoms with Crippen molar-refractivity contribution in [3.8, 4) is 11.5 Å². The highest BCUT2D eigenvalue weighted by molar-refractivity contribution is 6.05. The van der Waals surface area contributed by atoms with Crippen LogP contribution in [0.25, 0.3) is 0 Å². The molecule has 2 aromatic carbocycles. The minimum absolute atomic E-state index is 0.276. The number of nitrogens with one attached hydrogen (secondary N) is 1. The number of carbonyl (C=O) groups is 2. The molecule has 0 radical (unpaired) electrons. The molecule has 0 aromatic heterocycles. The Bertz CT molecular complexity index is 696. The van der Waals surface area contributed by atoms with E-state index in [1.807, 2.05) is 0 Å². The summed E-state index contributed by atoms with van der Waals surface area (Å²) in [5.74, 6) is -1.50. The largest absolute Gasteiger partial charge is 0.507 e. The lowest BCUT2D eigenvalue weighted by atomic mass is 10.1. The Balaban J connectivity index is 2.23. The van der Waals surface area contributed by atoms with Gasteiger partial charge in [0.05, 0.1) is 7.11 Å². The molecule has 3 N–H and O–H groups in total. The third-order valence-electron chi connectivity index (χ3n) is 2.82. The number of phenols is 1. The number of aromatic hydroxyl groups is 1. The molecule has 1 amide bonds. The van der Waals surface area contributed by atoms with Crippen LogP contribution in [0.15, 0.2) is 42.5 Å². The Hall–Kier alpha value is -3.02. The lowest BCUT2D eigenvalue weighted by Gasteiger charge is -2.08. The summed E-state index contributed by atoms with van der Waals surface area (Å²) in [5.41, 5.74) is 0.371. The number of carboxylic acids is 1. The quantitative estimate of drug-likeness (QED) is 0.750. The van der Waals surface area contributed by atoms with E-state index >= 15 is 0 Å². The van der Waals surface area contributed by atoms with Gasteiger partial charge in [0.25, 0.3) is 5.91 Å². The number of aromatic carboxylic acids is 1. The Morgan fingerprint density at radius 3 is 2.57 bits per heavy atom. The van der Waals surface area contributed by atoms with Crippen molar-refractivity contribution in [2.24, 2.45) is 0 Å². The topological polar surface area (TPSA) is 95.9 Å². The fraction of sp³-hybridized carbons (Fsp3) is 0.0667. The van der Waals surface area contributed by atoms with Gasteiger partial charge in [0, 0.05) is 11.3 Å². The van der Waals surface area contributed by atoms with Crippen LogP contribution in [0.3, 0.4) is 0 Å². The predicted octanol–water partition coefficient (Wildman–Crippen LogP) is 2.35. The Labute approximate surface area is 120 Å². The van der Waals surface area contributed by atoms with Crippen molar-refractivity contribution in [2.75, 3.05) is 12.4 Å². The highest BCUT2D eigenvalue weighted by Gasteiger charge is 2.12. The van der Waals surface area contributed by atoms with E-state index in [2.05, 4.69) is 5.32 Å². The van der Waals surface area contributed by atoms with Crippen LogP contribution in [0.4, 0.5) is 5.69 Å². The molecule has 2 aromatic rings. The molecule has 0 unspecified atom stereocenters. The zero-order chi connectivity index (χ0) is 15.4. The number of carbonyl (C=O) groups excluding carboxylic acids is 1. The smallest absolute Gasteiger partial charge is 0.339 e. The first kappa shape index (κ1) is 14.4. The van der Waals surface area contributed by atoms with Crippen molar-refractivity contribution in [3.63, 3.8) is 0 Å². The van der Waals surface area contributed by atoms with E-state index in [9.17, 15) is 14.7 Å². The molecule has 0 aliphatic rings. The molecular formula is C15H13NO5. The molecule has 2 rings (SSSR count). The first-order valence-electron chi connectivity index (χ1n) is 6.03. The first-order valence-corrected chi connectivity index (χ1v) is 6.03. The molecule has 108 valence electrons. The maximum absolute atomic E-state index is 12.1. The molecule has 6 heteroatoms. The van der Waals surface area contributed by atoms with Crippen LogP contribution in [0.5, 0.6) is 11.5 Å². The predicted molar refractivity (Wildman–Crippen MR) is 76.0 cm³/mol. The van der Waals surface area contributed by atoms with E-state index in [0.29, 0.717) is 11.3 Å². The Morgan fingerprint density at radius 2 is 1.90 bits per heavy atom. The normalized spacial score (nSPS) is 9.95. The van der Waals surface area contributed by atoms with E-state index in [4.69, 9.17) is 9.84 Å². The number of methoxy groups -OCH3 is 1. The van der Waals surface area contributed by atoms with Gasteiger partial charge in [0.2, 0.25) is 0 Å². The Morgan fingerprint density at radius 1 is 1.14 bits per heavy atom. The number of amides is 1. The summed E-state index contributed by atoms with van der Waals surface area (Å²) in [5, 5.41) is 20.9. The third-order valence-corrected chi connectivity index (χ3v) is 2.82. The van der Waals surface area contributed by atoms with Gasteiger partial charge >= 0.3 is 5.97 Å². The van der Waals surface area contributed by atoms with Crippen LogP contribution in [0.1, 0.15) is 20.7 Å². The lowest BCUT2D eigenvalue weighted by Crippen LogP contribution is -2.12. The SMILES string of the molecule is COc1cccc(C(=O)Nc2ccc(O)c(C(=O)O)c2)c1. The number of benzene rings is 2. The van der Waals surface area contributed by atoms with Crippen molar-refractivity contribution < 1.29 is 24.5 Å². The third kappa shape index (κ3) is 3.30. The zero-order valence-electron chi connectivity index (χ0n) is 11.2. The van der Waals surface area contributed by atoms with Crippen molar-refractivity contribution in [3.05, 3.63) is 53.6 Å². The standard InChI is InChI=1S/C15H13NO5/c1-21-11-4-2-3-9(7-11)14(18)16-10-5-6-13(17)12(8-10)15(19)20/h2-8,17H,1H3,(H,16,18)(H,19,20). The fourth-order valence-corrected chi connectivity index (χ4v) is 1.75. The fourth-order valence-electron chi connectivity index (χ4n) is 1.75. The van der Waals surface area contributed by atoms with Gasteiger partial charge in [-0.1, -0.05) is 6.07 Å². The van der Waals surface area contributed by atoms with Gasteiger partial charge in [-0.15, -0.1) is 0 Å². The summed E-state index contributed by atoms with van der Waals surface area (Å²) in [6.07, 6.45) is 0. The first-order chi connectivity index (χ1) is 10.0. The van der Waals surface area contributed by atoms with Gasteiger partial charge in [0.15, 0.2) is 0 Å². The summed E-state index contributed by atoms with van der Waals surface area (Å²) in [4.78, 5) is 23.0. The molecule has 0 heterocycles. The molecule has 0 aliphatic heterocycles. The van der Waals surface area contributed by atoms with Crippen LogP contribution < -0.4 is 10.1 Å². The second-order valence-electron chi connectivity index (χ2n) is 4.22. The summed E-state index contributed by atoms with van der Waals surface area (Å²) in [6, 6.07) is 10.4. The van der Waals surface area contributed by atoms with Gasteiger partial charge in [-0.25, -0.2) is 4.79 Å². The van der Waals surface area contributed by atoms with Crippen LogP contribution in [0.2, 0.25) is 0 Å². The van der Waals surface area contributed by atoms with Crippen molar-refractivity contribution >= 4 is 17.6 Å². The van der Waals surface area contributed by atoms with Gasteiger partial charge < -0.3 is 20.3 Å². The molecule has 6 nitrogen and oxygen atoms in total. The number of rotatable bonds is 4. The number of anilines is 1. The molecule has 0 saturated carbocycles. The molecule has 0 spiro atoms. The van der Waals surface area contributed by atoms with Gasteiger partial charge in [0.1, 0.15) is 17.1 Å². The molecule has 21 heavy (non-hydrogen) atoms. The Kier molecular flexibility index (Phi) is 4.08. The van der Waals surface area contributed by atoms with Gasteiger partial charge in [-0.2, -0.15) is 0 Å². The van der Waals surface area contributed by atoms with Crippen molar-refractivity contribution in [1.29, 1.82) is 0 Å². The molecule has 0 atom stereocenters. The van der Waals surface area contributed by atoms with E-state index in [-0.39, 0.29) is 17.0 Å². The molecule has 0 fully saturated rings. The molecule has 0 aliphatic carbocycles. The summed E-state index contributed by atoms with van der Waals surface area (Å²) in [6.45, 7) is 0. The minimum Gasteiger partial charge on any atom is -0.507 e. The van der Waals surface area contributed by atoms with E-state index in [1.165, 1.54) is 25.3 Å². The number of ether oxygens (including phenoxy) is 1. The second-order valence-corrected chi connectivity index (χ2v) is 4.22. The summed E-state index contributed by atoms with van der Waals surface area (Å²) < 4.78 is 5.03. The van der Waals surface area contributed by atoms with E-state index in [0.717, 1.165) is 0 Å².